The van der Waals surface area contributed by atoms with Crippen LogP contribution in [-0.2, 0) is 6.54 Å². The molecule has 2 aliphatic heterocycles. The van der Waals surface area contributed by atoms with E-state index in [4.69, 9.17) is 16.6 Å². The Morgan fingerprint density at radius 1 is 1.23 bits per heavy atom. The van der Waals surface area contributed by atoms with Crippen LogP contribution in [-0.4, -0.2) is 28.1 Å². The predicted molar refractivity (Wildman–Crippen MR) is 109 cm³/mol. The molecule has 26 heavy (non-hydrogen) atoms. The number of pyridine rings is 1. The normalized spacial score (nSPS) is 17.8. The number of rotatable bonds is 3. The van der Waals surface area contributed by atoms with Gasteiger partial charge in [0.05, 0.1) is 23.4 Å². The van der Waals surface area contributed by atoms with E-state index >= 15 is 0 Å². The van der Waals surface area contributed by atoms with Gasteiger partial charge in [0.25, 0.3) is 0 Å². The molecule has 0 radical (unpaired) electrons. The van der Waals surface area contributed by atoms with E-state index in [0.29, 0.717) is 23.9 Å². The number of halogens is 2. The van der Waals surface area contributed by atoms with Crippen LogP contribution in [0.3, 0.4) is 0 Å². The van der Waals surface area contributed by atoms with E-state index < -0.39 is 0 Å². The Hall–Kier alpha value is -2.44. The molecular formula is C19H15BrClN5. The molecule has 0 unspecified atom stereocenters. The Kier molecular flexibility index (Phi) is 4.86. The van der Waals surface area contributed by atoms with Crippen LogP contribution >= 0.6 is 27.5 Å². The summed E-state index contributed by atoms with van der Waals surface area (Å²) in [6.07, 6.45) is 7.55. The number of benzene rings is 1. The van der Waals surface area contributed by atoms with E-state index in [2.05, 4.69) is 31.2 Å². The number of aromatic nitrogens is 1. The van der Waals surface area contributed by atoms with E-state index in [1.165, 1.54) is 0 Å². The van der Waals surface area contributed by atoms with Gasteiger partial charge >= 0.3 is 0 Å². The van der Waals surface area contributed by atoms with E-state index in [9.17, 15) is 0 Å². The molecule has 130 valence electrons. The molecule has 0 aliphatic carbocycles. The van der Waals surface area contributed by atoms with Gasteiger partial charge in [-0.25, -0.2) is 0 Å². The number of nitrogens with one attached hydrogen (secondary N) is 1. The third-order valence-corrected chi connectivity index (χ3v) is 5.02. The van der Waals surface area contributed by atoms with Crippen molar-refractivity contribution >= 4 is 44.9 Å². The van der Waals surface area contributed by atoms with Crippen LogP contribution < -0.4 is 5.32 Å². The largest absolute Gasteiger partial charge is 0.336 e. The van der Waals surface area contributed by atoms with Gasteiger partial charge in [-0.05, 0) is 39.7 Å². The molecule has 0 saturated carbocycles. The van der Waals surface area contributed by atoms with Gasteiger partial charge in [0.15, 0.2) is 11.7 Å². The summed E-state index contributed by atoms with van der Waals surface area (Å²) in [7, 11) is 0. The summed E-state index contributed by atoms with van der Waals surface area (Å²) in [6.45, 7) is 1.12. The van der Waals surface area contributed by atoms with Gasteiger partial charge in [-0.1, -0.05) is 35.9 Å². The molecule has 0 bridgehead atoms. The molecule has 0 spiro atoms. The SMILES string of the molecule is Clc1ccccc1C1=CN2C(Br)=CCN=C2C(=NCc2cccnc2)N1. The summed E-state index contributed by atoms with van der Waals surface area (Å²) in [5, 5.41) is 4.06. The molecule has 1 aromatic carbocycles. The Morgan fingerprint density at radius 2 is 2.12 bits per heavy atom. The van der Waals surface area contributed by atoms with Crippen molar-refractivity contribution < 1.29 is 0 Å². The Bertz CT molecular complexity index is 949. The molecule has 5 nitrogen and oxygen atoms in total. The minimum absolute atomic E-state index is 0.514. The maximum Gasteiger partial charge on any atom is 0.176 e. The van der Waals surface area contributed by atoms with Crippen molar-refractivity contribution in [3.8, 4) is 0 Å². The molecule has 1 N–H and O–H groups in total. The zero-order chi connectivity index (χ0) is 17.9. The van der Waals surface area contributed by atoms with Gasteiger partial charge in [0.2, 0.25) is 0 Å². The van der Waals surface area contributed by atoms with Gasteiger partial charge < -0.3 is 5.32 Å². The quantitative estimate of drug-likeness (QED) is 0.746. The zero-order valence-corrected chi connectivity index (χ0v) is 16.1. The van der Waals surface area contributed by atoms with Crippen molar-refractivity contribution in [2.75, 3.05) is 6.54 Å². The van der Waals surface area contributed by atoms with E-state index in [-0.39, 0.29) is 0 Å². The molecule has 7 heteroatoms. The van der Waals surface area contributed by atoms with Gasteiger partial charge in [-0.3, -0.25) is 19.9 Å². The third-order valence-electron chi connectivity index (χ3n) is 3.99. The number of fused-ring (bicyclic) bond motifs is 1. The van der Waals surface area contributed by atoms with E-state index in [0.717, 1.165) is 27.3 Å². The first-order valence-corrected chi connectivity index (χ1v) is 9.26. The molecule has 0 saturated heterocycles. The molecule has 3 heterocycles. The first-order chi connectivity index (χ1) is 12.7. The highest BCUT2D eigenvalue weighted by Crippen LogP contribution is 2.28. The number of hydrogen-bond donors (Lipinski definition) is 1. The molecule has 2 aromatic rings. The Labute approximate surface area is 165 Å². The highest BCUT2D eigenvalue weighted by atomic mass is 79.9. The minimum Gasteiger partial charge on any atom is -0.336 e. The lowest BCUT2D eigenvalue weighted by Crippen LogP contribution is -2.45. The van der Waals surface area contributed by atoms with Crippen molar-refractivity contribution in [2.45, 2.75) is 6.54 Å². The number of amidine groups is 2. The first kappa shape index (κ1) is 17.0. The van der Waals surface area contributed by atoms with Crippen molar-refractivity contribution in [3.05, 3.63) is 81.8 Å². The summed E-state index contributed by atoms with van der Waals surface area (Å²) in [4.78, 5) is 15.4. The summed E-state index contributed by atoms with van der Waals surface area (Å²) in [5.41, 5.74) is 2.81. The second-order valence-electron chi connectivity index (χ2n) is 5.73. The second-order valence-corrected chi connectivity index (χ2v) is 6.95. The Morgan fingerprint density at radius 3 is 2.92 bits per heavy atom. The van der Waals surface area contributed by atoms with Crippen LogP contribution in [0.2, 0.25) is 5.02 Å². The van der Waals surface area contributed by atoms with Gasteiger partial charge in [-0.15, -0.1) is 0 Å². The molecule has 1 aromatic heterocycles. The fourth-order valence-electron chi connectivity index (χ4n) is 2.73. The zero-order valence-electron chi connectivity index (χ0n) is 13.7. The van der Waals surface area contributed by atoms with Crippen molar-refractivity contribution in [3.63, 3.8) is 0 Å². The topological polar surface area (TPSA) is 52.9 Å². The van der Waals surface area contributed by atoms with Crippen LogP contribution in [0.1, 0.15) is 11.1 Å². The van der Waals surface area contributed by atoms with Crippen molar-refractivity contribution in [1.29, 1.82) is 0 Å². The lowest BCUT2D eigenvalue weighted by Gasteiger charge is -2.32. The standard InChI is InChI=1S/C19H15BrClN5/c20-17-7-9-23-19-18(24-11-13-4-3-8-22-10-13)25-16(12-26(17)19)14-5-1-2-6-15(14)21/h1-8,10,12H,9,11H2,(H,24,25). The summed E-state index contributed by atoms with van der Waals surface area (Å²) in [6, 6.07) is 11.6. The maximum absolute atomic E-state index is 6.39. The van der Waals surface area contributed by atoms with Crippen LogP contribution in [0.5, 0.6) is 0 Å². The predicted octanol–water partition coefficient (Wildman–Crippen LogP) is 4.19. The number of aliphatic imine (C=N–C) groups is 2. The van der Waals surface area contributed by atoms with Crippen molar-refractivity contribution in [2.24, 2.45) is 9.98 Å². The molecule has 0 fully saturated rings. The summed E-state index contributed by atoms with van der Waals surface area (Å²) in [5.74, 6) is 1.48. The summed E-state index contributed by atoms with van der Waals surface area (Å²) >= 11 is 9.99. The second kappa shape index (κ2) is 7.43. The Balaban J connectivity index is 1.72. The first-order valence-electron chi connectivity index (χ1n) is 8.09. The van der Waals surface area contributed by atoms with Crippen LogP contribution in [0.15, 0.2) is 75.7 Å². The molecular weight excluding hydrogens is 414 g/mol. The van der Waals surface area contributed by atoms with Gasteiger partial charge in [0.1, 0.15) is 0 Å². The van der Waals surface area contributed by atoms with Gasteiger partial charge in [-0.2, -0.15) is 0 Å². The van der Waals surface area contributed by atoms with E-state index in [1.807, 2.05) is 59.8 Å². The van der Waals surface area contributed by atoms with Crippen LogP contribution in [0.4, 0.5) is 0 Å². The van der Waals surface area contributed by atoms with Crippen molar-refractivity contribution in [1.82, 2.24) is 15.2 Å². The average Bonchev–Trinajstić information content (AvgIpc) is 2.68. The average molecular weight is 429 g/mol. The highest BCUT2D eigenvalue weighted by Gasteiger charge is 2.27. The maximum atomic E-state index is 6.39. The smallest absolute Gasteiger partial charge is 0.176 e. The highest BCUT2D eigenvalue weighted by molar-refractivity contribution is 9.11. The lowest BCUT2D eigenvalue weighted by atomic mass is 10.1. The molecule has 0 atom stereocenters. The molecule has 0 amide bonds. The monoisotopic (exact) mass is 427 g/mol. The fraction of sp³-hybridized carbons (Fsp3) is 0.105. The van der Waals surface area contributed by atoms with E-state index in [1.54, 1.807) is 6.20 Å². The van der Waals surface area contributed by atoms with Crippen LogP contribution in [0, 0.1) is 0 Å². The van der Waals surface area contributed by atoms with Gasteiger partial charge in [0, 0.05) is 29.2 Å². The van der Waals surface area contributed by atoms with Crippen LogP contribution in [0.25, 0.3) is 5.70 Å². The molecule has 2 aliphatic rings. The minimum atomic E-state index is 0.514. The number of nitrogens with zero attached hydrogens (tertiary/aromatic N) is 4. The third kappa shape index (κ3) is 3.43. The number of hydrogen-bond acceptors (Lipinski definition) is 4. The summed E-state index contributed by atoms with van der Waals surface area (Å²) < 4.78 is 0.933. The lowest BCUT2D eigenvalue weighted by molar-refractivity contribution is 0.717. The molecule has 4 rings (SSSR count). The fourth-order valence-corrected chi connectivity index (χ4v) is 3.38.